The molecule has 0 radical (unpaired) electrons. The maximum absolute atomic E-state index is 12.7. The molecule has 0 atom stereocenters. The summed E-state index contributed by atoms with van der Waals surface area (Å²) >= 11 is 0. The molecular formula is C45H49N9O5. The molecule has 6 aromatic rings. The van der Waals surface area contributed by atoms with E-state index < -0.39 is 0 Å². The molecule has 14 nitrogen and oxygen atoms in total. The van der Waals surface area contributed by atoms with Crippen molar-refractivity contribution in [2.45, 2.75) is 71.4 Å². The third-order valence-corrected chi connectivity index (χ3v) is 11.2. The van der Waals surface area contributed by atoms with Crippen LogP contribution in [0.5, 0.6) is 5.75 Å². The van der Waals surface area contributed by atoms with E-state index in [-0.39, 0.29) is 29.1 Å². The van der Waals surface area contributed by atoms with Crippen molar-refractivity contribution < 1.29 is 23.6 Å². The second-order valence-electron chi connectivity index (χ2n) is 16.4. The molecule has 2 saturated heterocycles. The van der Waals surface area contributed by atoms with Crippen molar-refractivity contribution >= 4 is 23.4 Å². The van der Waals surface area contributed by atoms with E-state index >= 15 is 0 Å². The number of aryl methyl sites for hydroxylation is 1. The van der Waals surface area contributed by atoms with E-state index in [1.807, 2.05) is 62.7 Å². The van der Waals surface area contributed by atoms with Crippen LogP contribution in [0.25, 0.3) is 27.9 Å². The molecule has 4 amide bonds. The standard InChI is InChI=1S/C45H49N9O5/c1-29-23-34(9-10-35(29)25-46-42(56)41-50-43(59-51-41)45(2,3)4)40-38-24-36(27-54(38)48-28-47-40)32-11-13-37(14-12-32)58-22-21-52-18-15-33(16-19-52)31-7-5-30(6-8-31)26-53-20-17-39(55)49-44(53)57/h5-14,23-24,27-28,33H,15-22,25-26H2,1-4H3,(H,46,56)(H,49,55,57). The van der Waals surface area contributed by atoms with Crippen LogP contribution in [0, 0.1) is 6.92 Å². The first-order valence-corrected chi connectivity index (χ1v) is 20.2. The lowest BCUT2D eigenvalue weighted by Crippen LogP contribution is -2.48. The summed E-state index contributed by atoms with van der Waals surface area (Å²) in [6.07, 6.45) is 6.11. The largest absolute Gasteiger partial charge is 0.492 e. The number of ether oxygens (including phenoxy) is 1. The minimum atomic E-state index is -0.386. The molecular weight excluding hydrogens is 747 g/mol. The van der Waals surface area contributed by atoms with Crippen LogP contribution in [0.4, 0.5) is 4.79 Å². The Kier molecular flexibility index (Phi) is 11.2. The Morgan fingerprint density at radius 2 is 1.71 bits per heavy atom. The number of amides is 4. The number of urea groups is 1. The Morgan fingerprint density at radius 3 is 2.42 bits per heavy atom. The number of fused-ring (bicyclic) bond motifs is 1. The SMILES string of the molecule is Cc1cc(-c2ncnn3cc(-c4ccc(OCCN5CCC(c6ccc(CN7CCC(=O)NC7=O)cc6)CC5)cc4)cc23)ccc1CNC(=O)c1noc(C(C)(C)C)n1. The first kappa shape index (κ1) is 39.4. The molecule has 0 aliphatic carbocycles. The highest BCUT2D eigenvalue weighted by Crippen LogP contribution is 2.31. The zero-order valence-electron chi connectivity index (χ0n) is 33.9. The molecule has 0 spiro atoms. The summed E-state index contributed by atoms with van der Waals surface area (Å²) in [5.41, 5.74) is 8.78. The summed E-state index contributed by atoms with van der Waals surface area (Å²) < 4.78 is 13.3. The molecule has 5 heterocycles. The van der Waals surface area contributed by atoms with Gasteiger partial charge < -0.3 is 19.5 Å². The van der Waals surface area contributed by atoms with Gasteiger partial charge in [-0.2, -0.15) is 10.1 Å². The molecule has 2 aliphatic heterocycles. The number of likely N-dealkylation sites (tertiary alicyclic amines) is 1. The van der Waals surface area contributed by atoms with E-state index in [1.54, 1.807) is 11.2 Å². The van der Waals surface area contributed by atoms with Crippen LogP contribution in [0.3, 0.4) is 0 Å². The topological polar surface area (TPSA) is 160 Å². The number of rotatable bonds is 12. The highest BCUT2D eigenvalue weighted by atomic mass is 16.5. The van der Waals surface area contributed by atoms with E-state index in [4.69, 9.17) is 9.26 Å². The van der Waals surface area contributed by atoms with Crippen molar-refractivity contribution in [3.63, 3.8) is 0 Å². The quantitative estimate of drug-likeness (QED) is 0.137. The van der Waals surface area contributed by atoms with Gasteiger partial charge in [0.25, 0.3) is 11.7 Å². The summed E-state index contributed by atoms with van der Waals surface area (Å²) in [5.74, 6) is 1.19. The fourth-order valence-corrected chi connectivity index (χ4v) is 7.62. The number of hydrogen-bond donors (Lipinski definition) is 2. The molecule has 8 rings (SSSR count). The minimum absolute atomic E-state index is 0.0210. The monoisotopic (exact) mass is 795 g/mol. The smallest absolute Gasteiger partial charge is 0.324 e. The molecule has 3 aromatic heterocycles. The van der Waals surface area contributed by atoms with Crippen LogP contribution in [-0.4, -0.2) is 85.2 Å². The first-order valence-electron chi connectivity index (χ1n) is 20.2. The zero-order chi connectivity index (χ0) is 41.1. The molecule has 59 heavy (non-hydrogen) atoms. The Labute approximate surface area is 343 Å². The van der Waals surface area contributed by atoms with E-state index in [1.165, 1.54) is 5.56 Å². The molecule has 2 fully saturated rings. The maximum Gasteiger partial charge on any atom is 0.324 e. The number of benzene rings is 3. The third-order valence-electron chi connectivity index (χ3n) is 11.2. The summed E-state index contributed by atoms with van der Waals surface area (Å²) in [4.78, 5) is 49.3. The molecule has 14 heteroatoms. The average molecular weight is 796 g/mol. The van der Waals surface area contributed by atoms with Gasteiger partial charge >= 0.3 is 6.03 Å². The van der Waals surface area contributed by atoms with Crippen molar-refractivity contribution in [2.24, 2.45) is 0 Å². The van der Waals surface area contributed by atoms with E-state index in [0.29, 0.717) is 44.5 Å². The highest BCUT2D eigenvalue weighted by molar-refractivity contribution is 5.96. The summed E-state index contributed by atoms with van der Waals surface area (Å²) in [6.45, 7) is 12.7. The molecule has 3 aromatic carbocycles. The second-order valence-corrected chi connectivity index (χ2v) is 16.4. The van der Waals surface area contributed by atoms with Gasteiger partial charge in [0.2, 0.25) is 11.8 Å². The maximum atomic E-state index is 12.7. The second kappa shape index (κ2) is 16.8. The lowest BCUT2D eigenvalue weighted by molar-refractivity contribution is -0.121. The number of carbonyl (C=O) groups is 3. The number of nitrogens with zero attached hydrogens (tertiary/aromatic N) is 7. The van der Waals surface area contributed by atoms with E-state index in [0.717, 1.165) is 82.8 Å². The number of piperidine rings is 1. The molecule has 2 aliphatic rings. The van der Waals surface area contributed by atoms with Gasteiger partial charge in [-0.25, -0.2) is 14.3 Å². The third kappa shape index (κ3) is 9.18. The Morgan fingerprint density at radius 1 is 0.949 bits per heavy atom. The van der Waals surface area contributed by atoms with Crippen molar-refractivity contribution in [1.82, 2.24) is 45.2 Å². The van der Waals surface area contributed by atoms with Gasteiger partial charge in [-0.3, -0.25) is 19.8 Å². The van der Waals surface area contributed by atoms with Gasteiger partial charge in [0.05, 0.1) is 11.2 Å². The molecule has 0 unspecified atom stereocenters. The molecule has 304 valence electrons. The molecule has 0 bridgehead atoms. The van der Waals surface area contributed by atoms with Crippen LogP contribution in [0.1, 0.15) is 84.7 Å². The van der Waals surface area contributed by atoms with Gasteiger partial charge in [0.15, 0.2) is 0 Å². The Bertz CT molecular complexity index is 2460. The fraction of sp³-hybridized carbons (Fsp3) is 0.356. The zero-order valence-corrected chi connectivity index (χ0v) is 33.9. The average Bonchev–Trinajstić information content (AvgIpc) is 3.92. The number of aromatic nitrogens is 5. The fourth-order valence-electron chi connectivity index (χ4n) is 7.62. The van der Waals surface area contributed by atoms with Crippen molar-refractivity contribution in [3.05, 3.63) is 119 Å². The van der Waals surface area contributed by atoms with Crippen LogP contribution < -0.4 is 15.4 Å². The number of imide groups is 1. The number of hydrogen-bond acceptors (Lipinski definition) is 10. The van der Waals surface area contributed by atoms with Crippen molar-refractivity contribution in [2.75, 3.05) is 32.8 Å². The minimum Gasteiger partial charge on any atom is -0.492 e. The van der Waals surface area contributed by atoms with Gasteiger partial charge in [-0.15, -0.1) is 0 Å². The van der Waals surface area contributed by atoms with Crippen LogP contribution in [-0.2, 0) is 23.3 Å². The predicted molar refractivity (Wildman–Crippen MR) is 222 cm³/mol. The van der Waals surface area contributed by atoms with Gasteiger partial charge in [0, 0.05) is 55.3 Å². The number of carbonyl (C=O) groups excluding carboxylic acids is 3. The summed E-state index contributed by atoms with van der Waals surface area (Å²) in [6, 6.07) is 24.6. The lowest BCUT2D eigenvalue weighted by Gasteiger charge is -2.32. The van der Waals surface area contributed by atoms with Gasteiger partial charge in [0.1, 0.15) is 18.7 Å². The summed E-state index contributed by atoms with van der Waals surface area (Å²) in [5, 5.41) is 13.6. The van der Waals surface area contributed by atoms with Crippen LogP contribution in [0.2, 0.25) is 0 Å². The Hall–Kier alpha value is -6.41. The van der Waals surface area contributed by atoms with Gasteiger partial charge in [-0.1, -0.05) is 74.5 Å². The molecule has 2 N–H and O–H groups in total. The van der Waals surface area contributed by atoms with Crippen molar-refractivity contribution in [1.29, 1.82) is 0 Å². The predicted octanol–water partition coefficient (Wildman–Crippen LogP) is 6.68. The molecule has 0 saturated carbocycles. The Balaban J connectivity index is 0.813. The summed E-state index contributed by atoms with van der Waals surface area (Å²) in [7, 11) is 0. The van der Waals surface area contributed by atoms with Crippen molar-refractivity contribution in [3.8, 4) is 28.1 Å². The number of nitrogens with one attached hydrogen (secondary N) is 2. The first-order chi connectivity index (χ1) is 28.5. The van der Waals surface area contributed by atoms with Crippen LogP contribution >= 0.6 is 0 Å². The van der Waals surface area contributed by atoms with Crippen LogP contribution in [0.15, 0.2) is 89.8 Å². The normalized spacial score (nSPS) is 15.4. The van der Waals surface area contributed by atoms with E-state index in [2.05, 4.69) is 84.3 Å². The highest BCUT2D eigenvalue weighted by Gasteiger charge is 2.26. The van der Waals surface area contributed by atoms with E-state index in [9.17, 15) is 14.4 Å². The lowest BCUT2D eigenvalue weighted by atomic mass is 9.89. The van der Waals surface area contributed by atoms with Gasteiger partial charge in [-0.05, 0) is 90.9 Å².